The third-order valence-corrected chi connectivity index (χ3v) is 1.20. The Balaban J connectivity index is 3.04. The lowest BCUT2D eigenvalue weighted by Crippen LogP contribution is -2.13. The van der Waals surface area contributed by atoms with Crippen molar-refractivity contribution in [2.75, 3.05) is 5.32 Å². The largest absolute Gasteiger partial charge is 0.476 e. The molecule has 2 N–H and O–H groups in total. The van der Waals surface area contributed by atoms with E-state index in [0.717, 1.165) is 0 Å². The van der Waals surface area contributed by atoms with Crippen LogP contribution in [0.5, 0.6) is 0 Å². The molecule has 0 aliphatic carbocycles. The first kappa shape index (κ1) is 9.11. The second-order valence-corrected chi connectivity index (χ2v) is 2.24. The predicted molar refractivity (Wildman–Crippen MR) is 43.3 cm³/mol. The zero-order valence-electron chi connectivity index (χ0n) is 6.81. The number of aromatic carboxylic acids is 1. The van der Waals surface area contributed by atoms with Gasteiger partial charge in [-0.25, -0.2) is 14.8 Å². The number of hydrogen-bond acceptors (Lipinski definition) is 4. The number of carbonyl (C=O) groups excluding carboxylic acids is 1. The fourth-order valence-electron chi connectivity index (χ4n) is 0.753. The Labute approximate surface area is 73.6 Å². The van der Waals surface area contributed by atoms with Crippen LogP contribution in [-0.2, 0) is 4.79 Å². The van der Waals surface area contributed by atoms with Crippen molar-refractivity contribution >= 4 is 17.7 Å². The zero-order valence-corrected chi connectivity index (χ0v) is 6.81. The second-order valence-electron chi connectivity index (χ2n) is 2.24. The highest BCUT2D eigenvalue weighted by Crippen LogP contribution is 2.07. The van der Waals surface area contributed by atoms with Crippen molar-refractivity contribution in [3.63, 3.8) is 0 Å². The molecule has 0 unspecified atom stereocenters. The lowest BCUT2D eigenvalue weighted by molar-refractivity contribution is -0.114. The van der Waals surface area contributed by atoms with Gasteiger partial charge < -0.3 is 10.4 Å². The highest BCUT2D eigenvalue weighted by atomic mass is 16.4. The van der Waals surface area contributed by atoms with Crippen LogP contribution in [-0.4, -0.2) is 27.0 Å². The van der Waals surface area contributed by atoms with Crippen molar-refractivity contribution in [3.8, 4) is 0 Å². The molecule has 68 valence electrons. The summed E-state index contributed by atoms with van der Waals surface area (Å²) < 4.78 is 0. The molecule has 1 aromatic rings. The van der Waals surface area contributed by atoms with Crippen LogP contribution in [0, 0.1) is 0 Å². The van der Waals surface area contributed by atoms with Crippen LogP contribution in [0.15, 0.2) is 12.4 Å². The number of anilines is 1. The fraction of sp³-hybridized carbons (Fsp3) is 0.143. The molecule has 1 aromatic heterocycles. The molecule has 1 heterocycles. The number of hydrogen-bond donors (Lipinski definition) is 2. The Bertz CT molecular complexity index is 351. The van der Waals surface area contributed by atoms with Crippen LogP contribution >= 0.6 is 0 Å². The van der Waals surface area contributed by atoms with Crippen molar-refractivity contribution in [2.24, 2.45) is 0 Å². The topological polar surface area (TPSA) is 92.2 Å². The Morgan fingerprint density at radius 3 is 2.54 bits per heavy atom. The van der Waals surface area contributed by atoms with Gasteiger partial charge in [-0.05, 0) is 0 Å². The molecule has 13 heavy (non-hydrogen) atoms. The van der Waals surface area contributed by atoms with Crippen molar-refractivity contribution in [1.82, 2.24) is 9.97 Å². The van der Waals surface area contributed by atoms with Crippen LogP contribution < -0.4 is 5.32 Å². The van der Waals surface area contributed by atoms with Crippen molar-refractivity contribution in [3.05, 3.63) is 18.1 Å². The van der Waals surface area contributed by atoms with Gasteiger partial charge in [0.2, 0.25) is 5.91 Å². The summed E-state index contributed by atoms with van der Waals surface area (Å²) in [5.74, 6) is -1.65. The van der Waals surface area contributed by atoms with Gasteiger partial charge in [0.05, 0.1) is 0 Å². The molecular formula is C7H7N3O3. The lowest BCUT2D eigenvalue weighted by Gasteiger charge is -2.02. The summed E-state index contributed by atoms with van der Waals surface area (Å²) in [6.45, 7) is 1.26. The van der Waals surface area contributed by atoms with Crippen molar-refractivity contribution < 1.29 is 14.7 Å². The molecule has 0 atom stereocenters. The van der Waals surface area contributed by atoms with Gasteiger partial charge in [-0.3, -0.25) is 4.79 Å². The number of carboxylic acids is 1. The molecule has 1 rings (SSSR count). The quantitative estimate of drug-likeness (QED) is 0.676. The third-order valence-electron chi connectivity index (χ3n) is 1.20. The van der Waals surface area contributed by atoms with E-state index in [9.17, 15) is 9.59 Å². The minimum atomic E-state index is -1.23. The van der Waals surface area contributed by atoms with E-state index in [1.165, 1.54) is 19.3 Å². The molecule has 6 heteroatoms. The molecule has 0 aliphatic rings. The van der Waals surface area contributed by atoms with E-state index in [1.54, 1.807) is 0 Å². The Hall–Kier alpha value is -1.98. The summed E-state index contributed by atoms with van der Waals surface area (Å²) in [6.07, 6.45) is 2.55. The van der Waals surface area contributed by atoms with Crippen molar-refractivity contribution in [1.29, 1.82) is 0 Å². The average molecular weight is 181 g/mol. The Morgan fingerprint density at radius 2 is 2.00 bits per heavy atom. The first-order valence-corrected chi connectivity index (χ1v) is 3.43. The summed E-state index contributed by atoms with van der Waals surface area (Å²) in [6, 6.07) is 0. The van der Waals surface area contributed by atoms with E-state index in [4.69, 9.17) is 5.11 Å². The molecular weight excluding hydrogens is 174 g/mol. The van der Waals surface area contributed by atoms with Crippen LogP contribution in [0.2, 0.25) is 0 Å². The lowest BCUT2D eigenvalue weighted by atomic mass is 10.4. The first-order valence-electron chi connectivity index (χ1n) is 3.43. The zero-order chi connectivity index (χ0) is 9.84. The molecule has 1 amide bonds. The van der Waals surface area contributed by atoms with Gasteiger partial charge in [0.1, 0.15) is 0 Å². The average Bonchev–Trinajstić information content (AvgIpc) is 2.03. The molecule has 0 spiro atoms. The molecule has 6 nitrogen and oxygen atoms in total. The summed E-state index contributed by atoms with van der Waals surface area (Å²) in [5.41, 5.74) is -0.266. The number of nitrogens with one attached hydrogen (secondary N) is 1. The summed E-state index contributed by atoms with van der Waals surface area (Å²) in [5, 5.41) is 10.9. The van der Waals surface area contributed by atoms with Gasteiger partial charge in [0.15, 0.2) is 11.5 Å². The van der Waals surface area contributed by atoms with Crippen LogP contribution in [0.1, 0.15) is 17.4 Å². The minimum Gasteiger partial charge on any atom is -0.476 e. The normalized spacial score (nSPS) is 9.31. The number of carboxylic acid groups (broad SMARTS) is 1. The number of rotatable bonds is 2. The van der Waals surface area contributed by atoms with Gasteiger partial charge >= 0.3 is 5.97 Å². The van der Waals surface area contributed by atoms with E-state index < -0.39 is 5.97 Å². The predicted octanol–water partition coefficient (Wildman–Crippen LogP) is 0.133. The molecule has 0 fully saturated rings. The Kier molecular flexibility index (Phi) is 2.53. The number of carbonyl (C=O) groups is 2. The van der Waals surface area contributed by atoms with Gasteiger partial charge in [-0.2, -0.15) is 0 Å². The van der Waals surface area contributed by atoms with E-state index in [0.29, 0.717) is 0 Å². The van der Waals surface area contributed by atoms with Crippen LogP contribution in [0.3, 0.4) is 0 Å². The molecule has 0 aliphatic heterocycles. The minimum absolute atomic E-state index is 0.0394. The molecule has 0 saturated heterocycles. The van der Waals surface area contributed by atoms with Gasteiger partial charge in [0.25, 0.3) is 0 Å². The fourth-order valence-corrected chi connectivity index (χ4v) is 0.753. The molecule has 0 radical (unpaired) electrons. The number of amides is 1. The maximum absolute atomic E-state index is 10.6. The Morgan fingerprint density at radius 1 is 1.38 bits per heavy atom. The summed E-state index contributed by atoms with van der Waals surface area (Å²) in [7, 11) is 0. The summed E-state index contributed by atoms with van der Waals surface area (Å²) >= 11 is 0. The highest BCUT2D eigenvalue weighted by Gasteiger charge is 2.12. The van der Waals surface area contributed by atoms with E-state index >= 15 is 0 Å². The second kappa shape index (κ2) is 3.61. The first-order chi connectivity index (χ1) is 6.11. The molecule has 0 saturated carbocycles. The van der Waals surface area contributed by atoms with Gasteiger partial charge in [0, 0.05) is 19.3 Å². The molecule has 0 aromatic carbocycles. The highest BCUT2D eigenvalue weighted by molar-refractivity contribution is 5.96. The van der Waals surface area contributed by atoms with Crippen molar-refractivity contribution in [2.45, 2.75) is 6.92 Å². The standard InChI is InChI=1S/C7H7N3O3/c1-4(11)10-6-5(7(12)13)8-2-3-9-6/h2-3H,1H3,(H,12,13)(H,9,10,11). The van der Waals surface area contributed by atoms with E-state index in [2.05, 4.69) is 15.3 Å². The van der Waals surface area contributed by atoms with Gasteiger partial charge in [-0.1, -0.05) is 0 Å². The monoisotopic (exact) mass is 181 g/mol. The SMILES string of the molecule is CC(=O)Nc1nccnc1C(=O)O. The summed E-state index contributed by atoms with van der Waals surface area (Å²) in [4.78, 5) is 28.4. The number of nitrogens with zero attached hydrogens (tertiary/aromatic N) is 2. The van der Waals surface area contributed by atoms with E-state index in [1.807, 2.05) is 0 Å². The van der Waals surface area contributed by atoms with Crippen LogP contribution in [0.25, 0.3) is 0 Å². The maximum atomic E-state index is 10.6. The van der Waals surface area contributed by atoms with E-state index in [-0.39, 0.29) is 17.4 Å². The smallest absolute Gasteiger partial charge is 0.358 e. The van der Waals surface area contributed by atoms with Gasteiger partial charge in [-0.15, -0.1) is 0 Å². The van der Waals surface area contributed by atoms with Crippen LogP contribution in [0.4, 0.5) is 5.82 Å². The molecule has 0 bridgehead atoms. The number of aromatic nitrogens is 2. The third kappa shape index (κ3) is 2.22. The maximum Gasteiger partial charge on any atom is 0.358 e.